The van der Waals surface area contributed by atoms with E-state index in [1.54, 1.807) is 113 Å². The molecular formula is C104H95BrN14O19. The number of rotatable bonds is 26. The molecule has 0 fully saturated rings. The van der Waals surface area contributed by atoms with Crippen molar-refractivity contribution in [2.24, 2.45) is 5.92 Å². The minimum absolute atomic E-state index is 0.00809. The van der Waals surface area contributed by atoms with E-state index in [9.17, 15) is 75.0 Å². The molecule has 0 saturated heterocycles. The maximum atomic E-state index is 12.9. The van der Waals surface area contributed by atoms with Crippen LogP contribution in [-0.2, 0) is 32.7 Å². The van der Waals surface area contributed by atoms with E-state index >= 15 is 0 Å². The topological polar surface area (TPSA) is 425 Å². The first-order valence-corrected chi connectivity index (χ1v) is 44.1. The van der Waals surface area contributed by atoms with Gasteiger partial charge in [0.05, 0.1) is 84.4 Å². The van der Waals surface area contributed by atoms with Gasteiger partial charge in [-0.05, 0) is 168 Å². The van der Waals surface area contributed by atoms with Crippen molar-refractivity contribution in [1.29, 1.82) is 10.5 Å². The number of ketones is 3. The molecule has 0 saturated carbocycles. The van der Waals surface area contributed by atoms with Crippen molar-refractivity contribution in [3.05, 3.63) is 350 Å². The number of hydrogen-bond acceptors (Lipinski definition) is 21. The largest absolute Gasteiger partial charge is 0.497 e. The van der Waals surface area contributed by atoms with Gasteiger partial charge in [0.25, 0.3) is 34.6 Å². The lowest BCUT2D eigenvalue weighted by Crippen LogP contribution is -2.16. The Balaban J connectivity index is 0.000000149. The average molecular weight is 1920 g/mol. The molecule has 11 aromatic carbocycles. The lowest BCUT2D eigenvalue weighted by molar-refractivity contribution is -0.385. The van der Waals surface area contributed by atoms with E-state index < -0.39 is 20.7 Å². The Morgan fingerprint density at radius 2 is 0.775 bits per heavy atom. The molecule has 0 aliphatic rings. The predicted octanol–water partition coefficient (Wildman–Crippen LogP) is 23.1. The van der Waals surface area contributed by atoms with Crippen LogP contribution in [0.25, 0.3) is 76.5 Å². The van der Waals surface area contributed by atoms with Gasteiger partial charge in [0.2, 0.25) is 0 Å². The van der Waals surface area contributed by atoms with E-state index in [0.29, 0.717) is 80.0 Å². The number of fused-ring (bicyclic) bond motifs is 6. The van der Waals surface area contributed by atoms with Crippen LogP contribution in [0.2, 0.25) is 0 Å². The van der Waals surface area contributed by atoms with Crippen molar-refractivity contribution in [2.45, 2.75) is 81.2 Å². The van der Waals surface area contributed by atoms with E-state index in [4.69, 9.17) is 28.4 Å². The van der Waals surface area contributed by atoms with Crippen molar-refractivity contribution in [2.75, 3.05) is 53.3 Å². The standard InChI is InChI=1S/2C19H19NO3.C18H13BrN4O3.C18H13N5O5.C15H12N2O3.C15H19NO2/c1-4-20-12-17(16-11-15(23-3)8-9-18(16)20)19(21)13-6-5-7-14(10-13)22-2;1-4-20-12-17(16-9-8-15(23-3)11-18(16)20)19(21)13-6-5-7-14(10-13)22-2;1-2-22-16-9-13(23(25)26)7-8-14(16)15(10-20)17(22)21-18(24)11-3-5-12(19)6-4-11;1-2-21-16-9-13(23(27)28)6-7-14(16)15(10-19)17(21)20-18(24)11-4-3-5-12(8-11)22(25)26;1-20-12-5-2-10(3-6-12)14-9-16-15-7-4-11(17(18)19)8-13(14)15;1-5-16-9-13(15(17)10(2)3)12-7-6-11(18-4)8-14(12)16/h2*5-12H,4H2,1-3H3;3-9H,2H2,1H3,(H,21,24);3-9H,2H2,1H3,(H,20,24);2-9,16H,1H3;6-10H,5H2,1-4H3. The number of carbonyl (C=O) groups is 5. The van der Waals surface area contributed by atoms with Gasteiger partial charge in [-0.15, -0.1) is 0 Å². The third-order valence-electron chi connectivity index (χ3n) is 22.8. The Morgan fingerprint density at radius 3 is 1.23 bits per heavy atom. The third-order valence-corrected chi connectivity index (χ3v) is 23.3. The van der Waals surface area contributed by atoms with Crippen LogP contribution in [0.3, 0.4) is 0 Å². The summed E-state index contributed by atoms with van der Waals surface area (Å²) < 4.78 is 41.7. The van der Waals surface area contributed by atoms with Crippen LogP contribution in [0.1, 0.15) is 123 Å². The first kappa shape index (κ1) is 99.5. The van der Waals surface area contributed by atoms with Crippen LogP contribution >= 0.6 is 15.9 Å². The third kappa shape index (κ3) is 21.9. The molecule has 34 heteroatoms. The zero-order chi connectivity index (χ0) is 99.5. The number of nitrogens with zero attached hydrogens (tertiary/aromatic N) is 11. The second-order valence-electron chi connectivity index (χ2n) is 31.0. The number of H-pyrrole nitrogens is 1. The van der Waals surface area contributed by atoms with Crippen molar-refractivity contribution in [3.63, 3.8) is 0 Å². The highest BCUT2D eigenvalue weighted by Gasteiger charge is 2.27. The fourth-order valence-corrected chi connectivity index (χ4v) is 16.0. The van der Waals surface area contributed by atoms with Crippen LogP contribution in [-0.4, -0.2) is 119 Å². The molecule has 33 nitrogen and oxygen atoms in total. The number of non-ortho nitro benzene ring substituents is 4. The number of aromatic amines is 1. The number of nitro benzene ring substituents is 4. The average Bonchev–Trinajstić information content (AvgIpc) is 1.63. The molecule has 3 N–H and O–H groups in total. The molecule has 138 heavy (non-hydrogen) atoms. The quantitative estimate of drug-likeness (QED) is 0.0257. The first-order valence-electron chi connectivity index (χ1n) is 43.3. The number of methoxy groups -OCH3 is 6. The number of nitrogens with one attached hydrogen (secondary N) is 3. The van der Waals surface area contributed by atoms with Gasteiger partial charge in [0.15, 0.2) is 17.3 Å². The summed E-state index contributed by atoms with van der Waals surface area (Å²) in [5.41, 5.74) is 10.8. The molecule has 0 unspecified atom stereocenters. The minimum Gasteiger partial charge on any atom is -0.497 e. The Hall–Kier alpha value is -17.5. The van der Waals surface area contributed by atoms with E-state index in [1.165, 1.54) is 60.7 Å². The second kappa shape index (κ2) is 44.8. The normalized spacial score (nSPS) is 10.7. The summed E-state index contributed by atoms with van der Waals surface area (Å²) >= 11 is 3.31. The van der Waals surface area contributed by atoms with E-state index in [2.05, 4.69) is 72.1 Å². The molecule has 0 bridgehead atoms. The minimum atomic E-state index is -0.632. The van der Waals surface area contributed by atoms with Crippen molar-refractivity contribution < 1.29 is 72.1 Å². The summed E-state index contributed by atoms with van der Waals surface area (Å²) in [7, 11) is 9.73. The Morgan fingerprint density at radius 1 is 0.384 bits per heavy atom. The number of nitro groups is 4. The number of nitriles is 2. The van der Waals surface area contributed by atoms with Gasteiger partial charge in [-0.1, -0.05) is 72.2 Å². The molecule has 0 radical (unpaired) electrons. The number of carbonyl (C=O) groups excluding carboxylic acids is 5. The molecule has 6 heterocycles. The maximum Gasteiger partial charge on any atom is 0.271 e. The zero-order valence-electron chi connectivity index (χ0n) is 77.4. The summed E-state index contributed by atoms with van der Waals surface area (Å²) in [5.74, 6) is 4.17. The molecule has 0 aliphatic carbocycles. The number of anilines is 2. The molecule has 702 valence electrons. The second-order valence-corrected chi connectivity index (χ2v) is 31.9. The number of ether oxygens (including phenoxy) is 6. The van der Waals surface area contributed by atoms with E-state index in [0.717, 1.165) is 113 Å². The van der Waals surface area contributed by atoms with Crippen LogP contribution in [0.15, 0.2) is 260 Å². The molecule has 6 aromatic heterocycles. The van der Waals surface area contributed by atoms with Crippen LogP contribution in [0.4, 0.5) is 34.4 Å². The number of aromatic nitrogens is 6. The number of halogens is 1. The van der Waals surface area contributed by atoms with E-state index in [-0.39, 0.29) is 79.4 Å². The van der Waals surface area contributed by atoms with Gasteiger partial charge >= 0.3 is 0 Å². The lowest BCUT2D eigenvalue weighted by atomic mass is 10.0. The Kier molecular flexibility index (Phi) is 32.3. The molecule has 17 rings (SSSR count). The molecule has 0 aliphatic heterocycles. The van der Waals surface area contributed by atoms with Gasteiger partial charge in [0.1, 0.15) is 69.4 Å². The number of Topliss-reactive ketones (excluding diaryl/α,β-unsaturated/α-hetero) is 1. The maximum absolute atomic E-state index is 12.9. The summed E-state index contributed by atoms with van der Waals surface area (Å²) in [4.78, 5) is 108. The molecule has 0 spiro atoms. The molecule has 17 aromatic rings. The summed E-state index contributed by atoms with van der Waals surface area (Å²) in [6.07, 6.45) is 7.63. The highest BCUT2D eigenvalue weighted by Crippen LogP contribution is 2.39. The van der Waals surface area contributed by atoms with Crippen LogP contribution in [0.5, 0.6) is 34.5 Å². The fraction of sp³-hybridized carbons (Fsp3) is 0.183. The Labute approximate surface area is 799 Å². The first-order chi connectivity index (χ1) is 66.4. The summed E-state index contributed by atoms with van der Waals surface area (Å²) in [6, 6.07) is 68.8. The van der Waals surface area contributed by atoms with Crippen molar-refractivity contribution in [3.8, 4) is 57.8 Å². The predicted molar refractivity (Wildman–Crippen MR) is 533 cm³/mol. The van der Waals surface area contributed by atoms with E-state index in [1.807, 2.05) is 161 Å². The highest BCUT2D eigenvalue weighted by molar-refractivity contribution is 9.10. The monoisotopic (exact) mass is 1920 g/mol. The zero-order valence-corrected chi connectivity index (χ0v) is 79.0. The summed E-state index contributed by atoms with van der Waals surface area (Å²) in [6.45, 7) is 16.9. The van der Waals surface area contributed by atoms with Gasteiger partial charge in [0, 0.05) is 216 Å². The lowest BCUT2D eigenvalue weighted by Gasteiger charge is -2.10. The van der Waals surface area contributed by atoms with Gasteiger partial charge in [-0.25, -0.2) is 0 Å². The fourth-order valence-electron chi connectivity index (χ4n) is 15.7. The van der Waals surface area contributed by atoms with Crippen molar-refractivity contribution >= 4 is 145 Å². The van der Waals surface area contributed by atoms with Gasteiger partial charge in [-0.3, -0.25) is 64.4 Å². The number of hydrogen-bond donors (Lipinski definition) is 3. The SMILES string of the molecule is CCn1c(NC(=O)c2ccc(Br)cc2)c(C#N)c2ccc([N+](=O)[O-])cc21.CCn1c(NC(=O)c2cccc([N+](=O)[O-])c2)c(C#N)c2ccc([N+](=O)[O-])cc21.CCn1cc(C(=O)C(C)C)c2ccc(OC)cc21.CCn1cc(C(=O)c2cccc(OC)c2)c2cc(OC)ccc21.CCn1cc(C(=O)c2cccc(OC)c2)c2ccc(OC)cc21.COc1ccc(-c2c[nH]c3ccc([N+](=O)[O-])cc23)cc1. The summed E-state index contributed by atoms with van der Waals surface area (Å²) in [5, 5.41) is 73.1. The number of amides is 2. The smallest absolute Gasteiger partial charge is 0.271 e. The van der Waals surface area contributed by atoms with Crippen molar-refractivity contribution in [1.82, 2.24) is 27.8 Å². The van der Waals surface area contributed by atoms with Crippen LogP contribution < -0.4 is 39.1 Å². The molecular weight excluding hydrogens is 1830 g/mol. The highest BCUT2D eigenvalue weighted by atomic mass is 79.9. The molecule has 0 atom stereocenters. The van der Waals surface area contributed by atoms with Gasteiger partial charge < -0.3 is 66.9 Å². The van der Waals surface area contributed by atoms with Crippen LogP contribution in [0, 0.1) is 69.0 Å². The number of aryl methyl sites for hydroxylation is 5. The Bertz CT molecular complexity index is 7620. The molecule has 2 amide bonds. The number of benzene rings is 11. The van der Waals surface area contributed by atoms with Gasteiger partial charge in [-0.2, -0.15) is 10.5 Å².